The molecule has 0 amide bonds. The van der Waals surface area contributed by atoms with E-state index in [1.165, 1.54) is 19.3 Å². The number of hydrogen-bond donors (Lipinski definition) is 0. The van der Waals surface area contributed by atoms with E-state index in [-0.39, 0.29) is 0 Å². The summed E-state index contributed by atoms with van der Waals surface area (Å²) in [6, 6.07) is 0.634. The van der Waals surface area contributed by atoms with Gasteiger partial charge >= 0.3 is 0 Å². The number of hydrogen-bond acceptors (Lipinski definition) is 1. The third-order valence-electron chi connectivity index (χ3n) is 2.77. The third kappa shape index (κ3) is 4.50. The van der Waals surface area contributed by atoms with Crippen molar-refractivity contribution < 1.29 is 0 Å². The van der Waals surface area contributed by atoms with Crippen LogP contribution < -0.4 is 0 Å². The fourth-order valence-electron chi connectivity index (χ4n) is 1.94. The van der Waals surface area contributed by atoms with Crippen LogP contribution in [-0.4, -0.2) is 9.55 Å². The molecule has 15 heavy (non-hydrogen) atoms. The molecule has 1 aromatic rings. The maximum atomic E-state index is 4.14. The van der Waals surface area contributed by atoms with Crippen molar-refractivity contribution in [2.75, 3.05) is 0 Å². The maximum absolute atomic E-state index is 4.14. The third-order valence-corrected chi connectivity index (χ3v) is 2.77. The molecule has 0 radical (unpaired) electrons. The van der Waals surface area contributed by atoms with Crippen LogP contribution in [0.2, 0.25) is 0 Å². The molecule has 0 saturated carbocycles. The van der Waals surface area contributed by atoms with Gasteiger partial charge in [-0.15, -0.1) is 0 Å². The van der Waals surface area contributed by atoms with Gasteiger partial charge in [-0.05, 0) is 31.1 Å². The molecule has 86 valence electrons. The molecular formula is C13H24N2. The largest absolute Gasteiger partial charge is 0.334 e. The lowest BCUT2D eigenvalue weighted by Gasteiger charge is -2.21. The Labute approximate surface area is 93.7 Å². The van der Waals surface area contributed by atoms with Crippen molar-refractivity contribution in [2.45, 2.75) is 53.0 Å². The van der Waals surface area contributed by atoms with Crippen molar-refractivity contribution in [1.29, 1.82) is 0 Å². The average molecular weight is 208 g/mol. The summed E-state index contributed by atoms with van der Waals surface area (Å²) in [7, 11) is 0. The number of aromatic nitrogens is 2. The summed E-state index contributed by atoms with van der Waals surface area (Å²) >= 11 is 0. The summed E-state index contributed by atoms with van der Waals surface area (Å²) in [5.74, 6) is 1.55. The molecule has 0 aromatic carbocycles. The fourth-order valence-corrected chi connectivity index (χ4v) is 1.94. The molecule has 1 heterocycles. The van der Waals surface area contributed by atoms with Gasteiger partial charge < -0.3 is 4.57 Å². The zero-order chi connectivity index (χ0) is 11.3. The SMILES string of the molecule is CC(C)CCC(CC(C)C)n1ccnc1. The normalized spacial score (nSPS) is 13.7. The second kappa shape index (κ2) is 5.94. The maximum Gasteiger partial charge on any atom is 0.0948 e. The topological polar surface area (TPSA) is 17.8 Å². The molecule has 2 nitrogen and oxygen atoms in total. The van der Waals surface area contributed by atoms with Crippen molar-refractivity contribution in [1.82, 2.24) is 9.55 Å². The van der Waals surface area contributed by atoms with E-state index in [1.807, 2.05) is 12.5 Å². The zero-order valence-electron chi connectivity index (χ0n) is 10.5. The smallest absolute Gasteiger partial charge is 0.0948 e. The standard InChI is InChI=1S/C13H24N2/c1-11(2)5-6-13(9-12(3)4)15-8-7-14-10-15/h7-8,10-13H,5-6,9H2,1-4H3. The Morgan fingerprint density at radius 2 is 1.80 bits per heavy atom. The second-order valence-corrected chi connectivity index (χ2v) is 5.26. The van der Waals surface area contributed by atoms with E-state index in [0.29, 0.717) is 6.04 Å². The highest BCUT2D eigenvalue weighted by Gasteiger charge is 2.12. The molecule has 0 aliphatic carbocycles. The Kier molecular flexibility index (Phi) is 4.86. The molecule has 2 heteroatoms. The van der Waals surface area contributed by atoms with Crippen LogP contribution in [0.15, 0.2) is 18.7 Å². The van der Waals surface area contributed by atoms with Gasteiger partial charge in [-0.1, -0.05) is 27.7 Å². The van der Waals surface area contributed by atoms with Gasteiger partial charge in [0, 0.05) is 18.4 Å². The quantitative estimate of drug-likeness (QED) is 0.693. The summed E-state index contributed by atoms with van der Waals surface area (Å²) in [4.78, 5) is 4.14. The van der Waals surface area contributed by atoms with E-state index in [4.69, 9.17) is 0 Å². The van der Waals surface area contributed by atoms with E-state index in [0.717, 1.165) is 11.8 Å². The number of rotatable bonds is 6. The lowest BCUT2D eigenvalue weighted by molar-refractivity contribution is 0.351. The lowest BCUT2D eigenvalue weighted by Crippen LogP contribution is -2.11. The van der Waals surface area contributed by atoms with Gasteiger partial charge in [-0.2, -0.15) is 0 Å². The van der Waals surface area contributed by atoms with Crippen LogP contribution in [0.3, 0.4) is 0 Å². The average Bonchev–Trinajstić information content (AvgIpc) is 2.63. The number of imidazole rings is 1. The van der Waals surface area contributed by atoms with Gasteiger partial charge in [0.15, 0.2) is 0 Å². The lowest BCUT2D eigenvalue weighted by atomic mass is 9.96. The van der Waals surface area contributed by atoms with Crippen LogP contribution in [0, 0.1) is 11.8 Å². The molecule has 0 aliphatic rings. The molecule has 0 spiro atoms. The van der Waals surface area contributed by atoms with Gasteiger partial charge in [0.05, 0.1) is 6.33 Å². The van der Waals surface area contributed by atoms with Crippen molar-refractivity contribution in [2.24, 2.45) is 11.8 Å². The molecule has 1 rings (SSSR count). The summed E-state index contributed by atoms with van der Waals surface area (Å²) in [6.45, 7) is 9.17. The van der Waals surface area contributed by atoms with E-state index >= 15 is 0 Å². The van der Waals surface area contributed by atoms with Crippen LogP contribution in [0.1, 0.15) is 53.0 Å². The summed E-state index contributed by atoms with van der Waals surface area (Å²) in [6.07, 6.45) is 9.74. The van der Waals surface area contributed by atoms with E-state index < -0.39 is 0 Å². The minimum atomic E-state index is 0.634. The van der Waals surface area contributed by atoms with Crippen LogP contribution in [-0.2, 0) is 0 Å². The monoisotopic (exact) mass is 208 g/mol. The molecule has 1 atom stereocenters. The molecule has 0 fully saturated rings. The van der Waals surface area contributed by atoms with Crippen LogP contribution in [0.4, 0.5) is 0 Å². The predicted octanol–water partition coefficient (Wildman–Crippen LogP) is 3.91. The first-order valence-corrected chi connectivity index (χ1v) is 6.07. The van der Waals surface area contributed by atoms with E-state index in [9.17, 15) is 0 Å². The fraction of sp³-hybridized carbons (Fsp3) is 0.769. The van der Waals surface area contributed by atoms with Crippen LogP contribution in [0.25, 0.3) is 0 Å². The Bertz CT molecular complexity index is 250. The Hall–Kier alpha value is -0.790. The van der Waals surface area contributed by atoms with Crippen LogP contribution in [0.5, 0.6) is 0 Å². The molecule has 1 unspecified atom stereocenters. The van der Waals surface area contributed by atoms with Crippen molar-refractivity contribution in [3.63, 3.8) is 0 Å². The van der Waals surface area contributed by atoms with E-state index in [1.54, 1.807) is 0 Å². The summed E-state index contributed by atoms with van der Waals surface area (Å²) in [5.41, 5.74) is 0. The first-order chi connectivity index (χ1) is 7.09. The predicted molar refractivity (Wildman–Crippen MR) is 64.8 cm³/mol. The van der Waals surface area contributed by atoms with Gasteiger partial charge in [0.2, 0.25) is 0 Å². The Morgan fingerprint density at radius 3 is 2.27 bits per heavy atom. The van der Waals surface area contributed by atoms with Gasteiger partial charge in [-0.3, -0.25) is 0 Å². The van der Waals surface area contributed by atoms with Gasteiger partial charge in [0.25, 0.3) is 0 Å². The highest BCUT2D eigenvalue weighted by molar-refractivity contribution is 4.81. The highest BCUT2D eigenvalue weighted by atomic mass is 15.0. The molecule has 1 aromatic heterocycles. The van der Waals surface area contributed by atoms with Crippen molar-refractivity contribution >= 4 is 0 Å². The Morgan fingerprint density at radius 1 is 1.07 bits per heavy atom. The molecule has 0 saturated heterocycles. The first-order valence-electron chi connectivity index (χ1n) is 6.07. The van der Waals surface area contributed by atoms with E-state index in [2.05, 4.69) is 43.4 Å². The molecule has 0 bridgehead atoms. The van der Waals surface area contributed by atoms with Crippen LogP contribution >= 0.6 is 0 Å². The van der Waals surface area contributed by atoms with Gasteiger partial charge in [0.1, 0.15) is 0 Å². The number of nitrogens with zero attached hydrogens (tertiary/aromatic N) is 2. The van der Waals surface area contributed by atoms with Crippen molar-refractivity contribution in [3.8, 4) is 0 Å². The molecular weight excluding hydrogens is 184 g/mol. The van der Waals surface area contributed by atoms with Crippen molar-refractivity contribution in [3.05, 3.63) is 18.7 Å². The minimum Gasteiger partial charge on any atom is -0.334 e. The second-order valence-electron chi connectivity index (χ2n) is 5.26. The van der Waals surface area contributed by atoms with Gasteiger partial charge in [-0.25, -0.2) is 4.98 Å². The Balaban J connectivity index is 2.54. The minimum absolute atomic E-state index is 0.634. The molecule has 0 aliphatic heterocycles. The first kappa shape index (κ1) is 12.3. The summed E-state index contributed by atoms with van der Waals surface area (Å²) in [5, 5.41) is 0. The zero-order valence-corrected chi connectivity index (χ0v) is 10.5. The molecule has 0 N–H and O–H groups in total. The summed E-state index contributed by atoms with van der Waals surface area (Å²) < 4.78 is 2.27. The highest BCUT2D eigenvalue weighted by Crippen LogP contribution is 2.24.